The molecular formula is C14H26N4. The predicted octanol–water partition coefficient (Wildman–Crippen LogP) is 2.39. The van der Waals surface area contributed by atoms with Gasteiger partial charge in [0.25, 0.3) is 0 Å². The van der Waals surface area contributed by atoms with Gasteiger partial charge in [0.15, 0.2) is 0 Å². The standard InChI is InChI=1S/C14H26N4/c1-12(2)9-18-13(16-11-17-18)8-14(10-15)6-4-3-5-7-14/h11-12H,3-10,15H2,1-2H3. The van der Waals surface area contributed by atoms with Gasteiger partial charge in [-0.25, -0.2) is 9.67 Å². The van der Waals surface area contributed by atoms with Crippen molar-refractivity contribution in [3.63, 3.8) is 0 Å². The van der Waals surface area contributed by atoms with E-state index in [4.69, 9.17) is 5.73 Å². The minimum absolute atomic E-state index is 0.278. The Morgan fingerprint density at radius 3 is 2.67 bits per heavy atom. The molecule has 0 atom stereocenters. The van der Waals surface area contributed by atoms with E-state index in [-0.39, 0.29) is 5.41 Å². The Morgan fingerprint density at radius 1 is 1.33 bits per heavy atom. The molecule has 102 valence electrons. The van der Waals surface area contributed by atoms with E-state index in [1.54, 1.807) is 6.33 Å². The van der Waals surface area contributed by atoms with Crippen molar-refractivity contribution in [1.29, 1.82) is 0 Å². The number of nitrogens with two attached hydrogens (primary N) is 1. The van der Waals surface area contributed by atoms with Gasteiger partial charge < -0.3 is 5.73 Å². The Bertz CT molecular complexity index is 364. The lowest BCUT2D eigenvalue weighted by molar-refractivity contribution is 0.190. The molecule has 4 heteroatoms. The first-order valence-electron chi connectivity index (χ1n) is 7.22. The Hall–Kier alpha value is -0.900. The van der Waals surface area contributed by atoms with Crippen LogP contribution in [0.4, 0.5) is 0 Å². The first-order valence-corrected chi connectivity index (χ1v) is 7.22. The van der Waals surface area contributed by atoms with Crippen LogP contribution in [0.25, 0.3) is 0 Å². The highest BCUT2D eigenvalue weighted by Gasteiger charge is 2.32. The normalized spacial score (nSPS) is 19.3. The summed E-state index contributed by atoms with van der Waals surface area (Å²) < 4.78 is 2.07. The third-order valence-electron chi connectivity index (χ3n) is 4.11. The van der Waals surface area contributed by atoms with Gasteiger partial charge in [0.2, 0.25) is 0 Å². The zero-order chi connectivity index (χ0) is 13.0. The molecule has 0 spiro atoms. The summed E-state index contributed by atoms with van der Waals surface area (Å²) in [6, 6.07) is 0. The van der Waals surface area contributed by atoms with E-state index in [0.29, 0.717) is 5.92 Å². The van der Waals surface area contributed by atoms with Gasteiger partial charge in [-0.15, -0.1) is 0 Å². The van der Waals surface area contributed by atoms with E-state index in [2.05, 4.69) is 28.6 Å². The molecule has 1 aromatic heterocycles. The first kappa shape index (κ1) is 13.5. The number of rotatable bonds is 5. The smallest absolute Gasteiger partial charge is 0.138 e. The Morgan fingerprint density at radius 2 is 2.06 bits per heavy atom. The van der Waals surface area contributed by atoms with E-state index in [1.807, 2.05) is 0 Å². The quantitative estimate of drug-likeness (QED) is 0.873. The van der Waals surface area contributed by atoms with Crippen LogP contribution in [0.15, 0.2) is 6.33 Å². The molecule has 1 aliphatic carbocycles. The molecule has 1 heterocycles. The Labute approximate surface area is 110 Å². The summed E-state index contributed by atoms with van der Waals surface area (Å²) in [6.07, 6.45) is 9.17. The van der Waals surface area contributed by atoms with Crippen LogP contribution in [0.5, 0.6) is 0 Å². The monoisotopic (exact) mass is 250 g/mol. The second-order valence-electron chi connectivity index (χ2n) is 6.19. The van der Waals surface area contributed by atoms with Crippen molar-refractivity contribution in [3.8, 4) is 0 Å². The summed E-state index contributed by atoms with van der Waals surface area (Å²) in [6.45, 7) is 6.16. The van der Waals surface area contributed by atoms with E-state index in [9.17, 15) is 0 Å². The third-order valence-corrected chi connectivity index (χ3v) is 4.11. The SMILES string of the molecule is CC(C)Cn1ncnc1CC1(CN)CCCCC1. The zero-order valence-corrected chi connectivity index (χ0v) is 11.7. The van der Waals surface area contributed by atoms with Crippen molar-refractivity contribution < 1.29 is 0 Å². The molecule has 1 aliphatic rings. The van der Waals surface area contributed by atoms with Crippen LogP contribution < -0.4 is 5.73 Å². The molecule has 0 amide bonds. The summed E-state index contributed by atoms with van der Waals surface area (Å²) in [5, 5.41) is 4.35. The third kappa shape index (κ3) is 3.10. The molecule has 1 saturated carbocycles. The fraction of sp³-hybridized carbons (Fsp3) is 0.857. The van der Waals surface area contributed by atoms with Crippen LogP contribution in [0.2, 0.25) is 0 Å². The summed E-state index contributed by atoms with van der Waals surface area (Å²) in [4.78, 5) is 4.45. The van der Waals surface area contributed by atoms with Crippen molar-refractivity contribution in [2.45, 2.75) is 58.9 Å². The van der Waals surface area contributed by atoms with Crippen LogP contribution in [0.1, 0.15) is 51.8 Å². The number of nitrogens with zero attached hydrogens (tertiary/aromatic N) is 3. The molecule has 0 aliphatic heterocycles. The molecule has 1 fully saturated rings. The molecule has 0 saturated heterocycles. The van der Waals surface area contributed by atoms with Crippen LogP contribution >= 0.6 is 0 Å². The fourth-order valence-corrected chi connectivity index (χ4v) is 3.01. The lowest BCUT2D eigenvalue weighted by atomic mass is 9.71. The molecule has 0 aromatic carbocycles. The second-order valence-corrected chi connectivity index (χ2v) is 6.19. The van der Waals surface area contributed by atoms with Gasteiger partial charge in [-0.1, -0.05) is 33.1 Å². The topological polar surface area (TPSA) is 56.7 Å². The van der Waals surface area contributed by atoms with Gasteiger partial charge in [0.05, 0.1) is 0 Å². The largest absolute Gasteiger partial charge is 0.330 e. The van der Waals surface area contributed by atoms with Gasteiger partial charge >= 0.3 is 0 Å². The number of hydrogen-bond donors (Lipinski definition) is 1. The van der Waals surface area contributed by atoms with Gasteiger partial charge in [0.1, 0.15) is 12.2 Å². The minimum Gasteiger partial charge on any atom is -0.330 e. The van der Waals surface area contributed by atoms with Crippen LogP contribution in [0.3, 0.4) is 0 Å². The van der Waals surface area contributed by atoms with E-state index < -0.39 is 0 Å². The molecule has 2 N–H and O–H groups in total. The zero-order valence-electron chi connectivity index (χ0n) is 11.7. The fourth-order valence-electron chi connectivity index (χ4n) is 3.01. The van der Waals surface area contributed by atoms with E-state index in [1.165, 1.54) is 32.1 Å². The van der Waals surface area contributed by atoms with Gasteiger partial charge in [-0.3, -0.25) is 0 Å². The van der Waals surface area contributed by atoms with Crippen LogP contribution in [-0.4, -0.2) is 21.3 Å². The molecule has 1 aromatic rings. The minimum atomic E-state index is 0.278. The summed E-state index contributed by atoms with van der Waals surface area (Å²) in [5.41, 5.74) is 6.33. The van der Waals surface area contributed by atoms with E-state index >= 15 is 0 Å². The molecule has 0 bridgehead atoms. The number of hydrogen-bond acceptors (Lipinski definition) is 3. The highest BCUT2D eigenvalue weighted by atomic mass is 15.3. The van der Waals surface area contributed by atoms with Crippen LogP contribution in [0, 0.1) is 11.3 Å². The molecule has 2 rings (SSSR count). The van der Waals surface area contributed by atoms with E-state index in [0.717, 1.165) is 25.3 Å². The lowest BCUT2D eigenvalue weighted by Gasteiger charge is -2.36. The highest BCUT2D eigenvalue weighted by Crippen LogP contribution is 2.37. The van der Waals surface area contributed by atoms with Crippen molar-refractivity contribution in [3.05, 3.63) is 12.2 Å². The highest BCUT2D eigenvalue weighted by molar-refractivity contribution is 4.96. The average Bonchev–Trinajstić information content (AvgIpc) is 2.77. The van der Waals surface area contributed by atoms with Crippen molar-refractivity contribution in [1.82, 2.24) is 14.8 Å². The predicted molar refractivity (Wildman–Crippen MR) is 73.1 cm³/mol. The maximum Gasteiger partial charge on any atom is 0.138 e. The van der Waals surface area contributed by atoms with Gasteiger partial charge in [0, 0.05) is 13.0 Å². The molecule has 0 unspecified atom stereocenters. The first-order chi connectivity index (χ1) is 8.65. The van der Waals surface area contributed by atoms with Crippen molar-refractivity contribution >= 4 is 0 Å². The molecule has 4 nitrogen and oxygen atoms in total. The lowest BCUT2D eigenvalue weighted by Crippen LogP contribution is -2.36. The average molecular weight is 250 g/mol. The maximum atomic E-state index is 6.05. The Balaban J connectivity index is 2.09. The summed E-state index contributed by atoms with van der Waals surface area (Å²) in [5.74, 6) is 1.72. The van der Waals surface area contributed by atoms with Gasteiger partial charge in [-0.05, 0) is 30.7 Å². The van der Waals surface area contributed by atoms with Crippen molar-refractivity contribution in [2.24, 2.45) is 17.1 Å². The summed E-state index contributed by atoms with van der Waals surface area (Å²) >= 11 is 0. The Kier molecular flexibility index (Phi) is 4.38. The number of aromatic nitrogens is 3. The molecule has 0 radical (unpaired) electrons. The second kappa shape index (κ2) is 5.83. The molecule has 18 heavy (non-hydrogen) atoms. The van der Waals surface area contributed by atoms with Gasteiger partial charge in [-0.2, -0.15) is 5.10 Å². The maximum absolute atomic E-state index is 6.05. The summed E-state index contributed by atoms with van der Waals surface area (Å²) in [7, 11) is 0. The van der Waals surface area contributed by atoms with Crippen LogP contribution in [-0.2, 0) is 13.0 Å². The molecular weight excluding hydrogens is 224 g/mol. The van der Waals surface area contributed by atoms with Crippen molar-refractivity contribution in [2.75, 3.05) is 6.54 Å².